The van der Waals surface area contributed by atoms with Crippen molar-refractivity contribution in [3.05, 3.63) is 101 Å². The fourth-order valence-corrected chi connectivity index (χ4v) is 3.49. The summed E-state index contributed by atoms with van der Waals surface area (Å²) < 4.78 is 79.2. The Balaban J connectivity index is 0.00000361. The van der Waals surface area contributed by atoms with Gasteiger partial charge in [-0.25, -0.2) is 4.68 Å². The molecule has 0 spiro atoms. The Morgan fingerprint density at radius 2 is 1.49 bits per heavy atom. The Morgan fingerprint density at radius 1 is 0.857 bits per heavy atom. The molecule has 0 saturated carbocycles. The van der Waals surface area contributed by atoms with Gasteiger partial charge in [-0.3, -0.25) is 4.79 Å². The molecule has 0 atom stereocenters. The summed E-state index contributed by atoms with van der Waals surface area (Å²) in [5.41, 5.74) is -1.00. The predicted octanol–water partition coefficient (Wildman–Crippen LogP) is 7.73. The van der Waals surface area contributed by atoms with Crippen LogP contribution in [0.25, 0.3) is 16.9 Å². The van der Waals surface area contributed by atoms with Crippen molar-refractivity contribution in [1.82, 2.24) is 9.78 Å². The minimum Gasteiger partial charge on any atom is -0.322 e. The summed E-state index contributed by atoms with van der Waals surface area (Å²) in [5, 5.41) is 6.34. The Kier molecular flexibility index (Phi) is 6.33. The lowest BCUT2D eigenvalue weighted by Crippen LogP contribution is -2.12. The molecule has 35 heavy (non-hydrogen) atoms. The average Bonchev–Trinajstić information content (AvgIpc) is 3.25. The maximum atomic E-state index is 13.4. The number of carbonyl (C=O) groups is 1. The molecule has 0 radical (unpaired) electrons. The molecule has 0 unspecified atom stereocenters. The predicted molar refractivity (Wildman–Crippen MR) is 121 cm³/mol. The molecule has 0 aliphatic heterocycles. The van der Waals surface area contributed by atoms with E-state index in [1.54, 1.807) is 12.1 Å². The van der Waals surface area contributed by atoms with E-state index >= 15 is 0 Å². The van der Waals surface area contributed by atoms with Gasteiger partial charge in [-0.15, -0.1) is 0 Å². The zero-order valence-electron chi connectivity index (χ0n) is 17.5. The van der Waals surface area contributed by atoms with E-state index in [4.69, 9.17) is 11.6 Å². The SMILES string of the molecule is O=C(Nc1ccc(C(F)(F)F)cc1)c1ccc(-c2cc(C(F)(F)F)nn2-c2ccccc2Cl)cc1.[HH]. The number of nitrogens with zero attached hydrogens (tertiary/aromatic N) is 2. The van der Waals surface area contributed by atoms with Crippen molar-refractivity contribution in [3.8, 4) is 16.9 Å². The van der Waals surface area contributed by atoms with E-state index in [1.165, 1.54) is 36.4 Å². The van der Waals surface area contributed by atoms with E-state index in [0.29, 0.717) is 5.56 Å². The summed E-state index contributed by atoms with van der Waals surface area (Å²) in [6.07, 6.45) is -9.19. The van der Waals surface area contributed by atoms with Gasteiger partial charge in [0.05, 0.1) is 22.0 Å². The third-order valence-corrected chi connectivity index (χ3v) is 5.31. The molecule has 0 bridgehead atoms. The van der Waals surface area contributed by atoms with Crippen LogP contribution in [0.4, 0.5) is 32.0 Å². The van der Waals surface area contributed by atoms with Crippen molar-refractivity contribution in [2.24, 2.45) is 0 Å². The van der Waals surface area contributed by atoms with Crippen LogP contribution in [0.2, 0.25) is 5.02 Å². The Bertz CT molecular complexity index is 1370. The molecule has 4 rings (SSSR count). The number of benzene rings is 3. The van der Waals surface area contributed by atoms with Crippen LogP contribution in [0.1, 0.15) is 23.0 Å². The normalized spacial score (nSPS) is 12.0. The fourth-order valence-electron chi connectivity index (χ4n) is 3.27. The molecule has 3 aromatic carbocycles. The summed E-state index contributed by atoms with van der Waals surface area (Å²) in [5.74, 6) is -0.605. The lowest BCUT2D eigenvalue weighted by atomic mass is 10.1. The van der Waals surface area contributed by atoms with Crippen LogP contribution < -0.4 is 5.32 Å². The number of para-hydroxylation sites is 1. The van der Waals surface area contributed by atoms with Crippen molar-refractivity contribution >= 4 is 23.2 Å². The molecule has 0 saturated heterocycles. The highest BCUT2D eigenvalue weighted by Crippen LogP contribution is 2.35. The third-order valence-electron chi connectivity index (χ3n) is 4.99. The standard InChI is InChI=1S/C24H14ClF6N3O.H2/c25-18-3-1-2-4-19(18)34-20(13-21(33-34)24(29,30)31)14-5-7-15(8-6-14)22(35)32-17-11-9-16(10-12-17)23(26,27)28;/h1-13H,(H,32,35);1H. The number of rotatable bonds is 4. The van der Waals surface area contributed by atoms with Gasteiger partial charge < -0.3 is 5.32 Å². The first-order chi connectivity index (χ1) is 16.4. The number of nitrogens with one attached hydrogen (secondary N) is 1. The van der Waals surface area contributed by atoms with E-state index in [1.807, 2.05) is 0 Å². The summed E-state index contributed by atoms with van der Waals surface area (Å²) in [4.78, 5) is 12.5. The lowest BCUT2D eigenvalue weighted by molar-refractivity contribution is -0.141. The topological polar surface area (TPSA) is 46.9 Å². The molecule has 11 heteroatoms. The second-order valence-corrected chi connectivity index (χ2v) is 7.79. The van der Waals surface area contributed by atoms with Crippen molar-refractivity contribution in [2.45, 2.75) is 12.4 Å². The summed E-state index contributed by atoms with van der Waals surface area (Å²) >= 11 is 6.16. The van der Waals surface area contributed by atoms with Gasteiger partial charge in [-0.1, -0.05) is 35.9 Å². The van der Waals surface area contributed by atoms with Crippen LogP contribution >= 0.6 is 11.6 Å². The van der Waals surface area contributed by atoms with E-state index in [0.717, 1.165) is 35.0 Å². The molecule has 0 fully saturated rings. The minimum absolute atomic E-state index is 0. The molecule has 182 valence electrons. The van der Waals surface area contributed by atoms with Gasteiger partial charge in [0.25, 0.3) is 5.91 Å². The molecule has 4 nitrogen and oxygen atoms in total. The van der Waals surface area contributed by atoms with Gasteiger partial charge >= 0.3 is 12.4 Å². The second-order valence-electron chi connectivity index (χ2n) is 7.38. The zero-order chi connectivity index (χ0) is 25.4. The number of anilines is 1. The van der Waals surface area contributed by atoms with E-state index in [-0.39, 0.29) is 29.1 Å². The van der Waals surface area contributed by atoms with Crippen LogP contribution in [0.3, 0.4) is 0 Å². The fraction of sp³-hybridized carbons (Fsp3) is 0.0833. The first kappa shape index (κ1) is 24.3. The van der Waals surface area contributed by atoms with E-state index in [9.17, 15) is 31.1 Å². The van der Waals surface area contributed by atoms with Gasteiger partial charge in [0, 0.05) is 18.2 Å². The summed E-state index contributed by atoms with van der Waals surface area (Å²) in [6, 6.07) is 16.7. The largest absolute Gasteiger partial charge is 0.435 e. The first-order valence-electron chi connectivity index (χ1n) is 9.95. The smallest absolute Gasteiger partial charge is 0.322 e. The highest BCUT2D eigenvalue weighted by molar-refractivity contribution is 6.32. The number of alkyl halides is 6. The van der Waals surface area contributed by atoms with E-state index in [2.05, 4.69) is 10.4 Å². The van der Waals surface area contributed by atoms with Gasteiger partial charge in [0.1, 0.15) is 0 Å². The lowest BCUT2D eigenvalue weighted by Gasteiger charge is -2.11. The zero-order valence-corrected chi connectivity index (χ0v) is 18.2. The highest BCUT2D eigenvalue weighted by Gasteiger charge is 2.35. The van der Waals surface area contributed by atoms with E-state index < -0.39 is 29.5 Å². The van der Waals surface area contributed by atoms with Crippen molar-refractivity contribution in [2.75, 3.05) is 5.32 Å². The molecule has 0 aliphatic rings. The minimum atomic E-state index is -4.69. The summed E-state index contributed by atoms with van der Waals surface area (Å²) in [7, 11) is 0. The van der Waals surface area contributed by atoms with Crippen molar-refractivity contribution in [1.29, 1.82) is 0 Å². The monoisotopic (exact) mass is 511 g/mol. The first-order valence-corrected chi connectivity index (χ1v) is 10.3. The number of halogens is 7. The van der Waals surface area contributed by atoms with Crippen molar-refractivity contribution < 1.29 is 32.6 Å². The number of carbonyl (C=O) groups excluding carboxylic acids is 1. The van der Waals surface area contributed by atoms with Gasteiger partial charge in [-0.05, 0) is 54.6 Å². The Labute approximate surface area is 201 Å². The number of aromatic nitrogens is 2. The maximum Gasteiger partial charge on any atom is 0.435 e. The Hall–Kier alpha value is -3.79. The van der Waals surface area contributed by atoms with Gasteiger partial charge in [-0.2, -0.15) is 31.4 Å². The van der Waals surface area contributed by atoms with Crippen LogP contribution in [0.15, 0.2) is 78.9 Å². The number of hydrogen-bond acceptors (Lipinski definition) is 2. The highest BCUT2D eigenvalue weighted by atomic mass is 35.5. The number of amides is 1. The van der Waals surface area contributed by atoms with Gasteiger partial charge in [0.15, 0.2) is 5.69 Å². The van der Waals surface area contributed by atoms with Gasteiger partial charge in [0.2, 0.25) is 0 Å². The van der Waals surface area contributed by atoms with Crippen molar-refractivity contribution in [3.63, 3.8) is 0 Å². The number of hydrogen-bond donors (Lipinski definition) is 1. The maximum absolute atomic E-state index is 13.4. The summed E-state index contributed by atoms with van der Waals surface area (Å²) in [6.45, 7) is 0. The molecule has 1 N–H and O–H groups in total. The second kappa shape index (κ2) is 9.10. The quantitative estimate of drug-likeness (QED) is 0.285. The van der Waals surface area contributed by atoms with Crippen LogP contribution in [-0.2, 0) is 12.4 Å². The van der Waals surface area contributed by atoms with Crippen LogP contribution in [-0.4, -0.2) is 15.7 Å². The molecular formula is C24H16ClF6N3O. The molecule has 1 heterocycles. The average molecular weight is 512 g/mol. The molecule has 1 amide bonds. The van der Waals surface area contributed by atoms with Crippen LogP contribution in [0, 0.1) is 0 Å². The molecular weight excluding hydrogens is 496 g/mol. The molecule has 0 aliphatic carbocycles. The molecule has 4 aromatic rings. The molecule has 1 aromatic heterocycles. The third kappa shape index (κ3) is 5.32. The Morgan fingerprint density at radius 3 is 2.06 bits per heavy atom. The van der Waals surface area contributed by atoms with Crippen LogP contribution in [0.5, 0.6) is 0 Å².